The summed E-state index contributed by atoms with van der Waals surface area (Å²) in [4.78, 5) is 20.9. The fourth-order valence-electron chi connectivity index (χ4n) is 1.47. The minimum atomic E-state index is -1.00. The number of hydrogen-bond acceptors (Lipinski definition) is 4. The number of hydrogen-bond donors (Lipinski definition) is 1. The van der Waals surface area contributed by atoms with Crippen LogP contribution in [0.3, 0.4) is 0 Å². The molecule has 5 nitrogen and oxygen atoms in total. The number of nitrogens with zero attached hydrogens (tertiary/aromatic N) is 1. The van der Waals surface area contributed by atoms with Gasteiger partial charge in [0.05, 0.1) is 0 Å². The molecule has 2 N–H and O–H groups in total. The van der Waals surface area contributed by atoms with Crippen LogP contribution >= 0.6 is 0 Å². The van der Waals surface area contributed by atoms with Gasteiger partial charge in [-0.15, -0.1) is 0 Å². The molecule has 5 heteroatoms. The van der Waals surface area contributed by atoms with Gasteiger partial charge in [-0.1, -0.05) is 12.1 Å². The number of rotatable bonds is 3. The molecule has 0 unspecified atom stereocenters. The smallest absolute Gasteiger partial charge is 0.399 e. The molecular formula is C11H14N2O3. The molecule has 0 aliphatic carbocycles. The Bertz CT molecular complexity index is 410. The monoisotopic (exact) mass is 222 g/mol. The van der Waals surface area contributed by atoms with Crippen molar-refractivity contribution in [1.29, 1.82) is 0 Å². The van der Waals surface area contributed by atoms with E-state index in [1.165, 1.54) is 0 Å². The number of nitrogen functional groups attached to an aromatic ring is 1. The van der Waals surface area contributed by atoms with Crippen molar-refractivity contribution in [2.24, 2.45) is 5.41 Å². The van der Waals surface area contributed by atoms with Gasteiger partial charge < -0.3 is 5.73 Å². The second-order valence-corrected chi connectivity index (χ2v) is 4.36. The average molecular weight is 222 g/mol. The summed E-state index contributed by atoms with van der Waals surface area (Å²) in [5.74, 6) is -0.968. The summed E-state index contributed by atoms with van der Waals surface area (Å²) in [5, 5.41) is 10.4. The Kier molecular flexibility index (Phi) is 3.27. The molecule has 0 spiro atoms. The van der Waals surface area contributed by atoms with Crippen LogP contribution in [0.2, 0.25) is 0 Å². The summed E-state index contributed by atoms with van der Waals surface area (Å²) in [7, 11) is 0. The number of anilines is 1. The van der Waals surface area contributed by atoms with E-state index >= 15 is 0 Å². The first-order valence-electron chi connectivity index (χ1n) is 4.86. The summed E-state index contributed by atoms with van der Waals surface area (Å²) in [6, 6.07) is 6.96. The zero-order chi connectivity index (χ0) is 12.3. The van der Waals surface area contributed by atoms with Gasteiger partial charge in [-0.05, 0) is 38.0 Å². The molecule has 0 aromatic heterocycles. The lowest BCUT2D eigenvalue weighted by molar-refractivity contribution is -0.411. The van der Waals surface area contributed by atoms with Gasteiger partial charge in [-0.2, -0.15) is 0 Å². The molecule has 0 atom stereocenters. The molecule has 0 heterocycles. The molecule has 0 saturated heterocycles. The third-order valence-electron chi connectivity index (χ3n) is 2.37. The maximum atomic E-state index is 11.3. The van der Waals surface area contributed by atoms with E-state index in [4.69, 9.17) is 5.73 Å². The second kappa shape index (κ2) is 4.30. The minimum Gasteiger partial charge on any atom is -0.399 e. The third kappa shape index (κ3) is 2.79. The van der Waals surface area contributed by atoms with E-state index in [0.29, 0.717) is 12.1 Å². The maximum absolute atomic E-state index is 11.3. The zero-order valence-corrected chi connectivity index (χ0v) is 9.27. The molecule has 0 aliphatic heterocycles. The van der Waals surface area contributed by atoms with E-state index in [1.54, 1.807) is 38.1 Å². The van der Waals surface area contributed by atoms with Gasteiger partial charge in [0, 0.05) is 5.69 Å². The van der Waals surface area contributed by atoms with Crippen molar-refractivity contribution < 1.29 is 9.72 Å². The molecule has 0 saturated carbocycles. The molecular weight excluding hydrogens is 208 g/mol. The predicted molar refractivity (Wildman–Crippen MR) is 60.3 cm³/mol. The van der Waals surface area contributed by atoms with E-state index in [0.717, 1.165) is 5.56 Å². The molecule has 16 heavy (non-hydrogen) atoms. The van der Waals surface area contributed by atoms with Gasteiger partial charge in [0.1, 0.15) is 10.3 Å². The molecule has 0 aliphatic rings. The van der Waals surface area contributed by atoms with E-state index in [1.807, 2.05) is 0 Å². The first-order chi connectivity index (χ1) is 7.33. The highest BCUT2D eigenvalue weighted by molar-refractivity contribution is 5.74. The second-order valence-electron chi connectivity index (χ2n) is 4.36. The van der Waals surface area contributed by atoms with Crippen molar-refractivity contribution in [3.8, 4) is 0 Å². The highest BCUT2D eigenvalue weighted by Gasteiger charge is 2.37. The van der Waals surface area contributed by atoms with Crippen LogP contribution in [-0.4, -0.2) is 10.8 Å². The summed E-state index contributed by atoms with van der Waals surface area (Å²) < 4.78 is 0. The van der Waals surface area contributed by atoms with Gasteiger partial charge in [-0.3, -0.25) is 10.1 Å². The molecule has 0 bridgehead atoms. The number of amides is 1. The summed E-state index contributed by atoms with van der Waals surface area (Å²) >= 11 is 0. The van der Waals surface area contributed by atoms with Gasteiger partial charge in [0.2, 0.25) is 0 Å². The first-order valence-corrected chi connectivity index (χ1v) is 4.86. The van der Waals surface area contributed by atoms with Crippen molar-refractivity contribution in [2.45, 2.75) is 20.3 Å². The van der Waals surface area contributed by atoms with Gasteiger partial charge >= 0.3 is 5.91 Å². The maximum Gasteiger partial charge on any atom is 0.450 e. The molecule has 1 rings (SSSR count). The third-order valence-corrected chi connectivity index (χ3v) is 2.37. The average Bonchev–Trinajstić information content (AvgIpc) is 2.20. The van der Waals surface area contributed by atoms with Gasteiger partial charge in [-0.25, -0.2) is 4.79 Å². The Morgan fingerprint density at radius 1 is 1.38 bits per heavy atom. The molecule has 1 aromatic carbocycles. The Morgan fingerprint density at radius 3 is 2.31 bits per heavy atom. The topological polar surface area (TPSA) is 86.2 Å². The molecule has 0 radical (unpaired) electrons. The van der Waals surface area contributed by atoms with Crippen molar-refractivity contribution in [3.63, 3.8) is 0 Å². The summed E-state index contributed by atoms with van der Waals surface area (Å²) in [6.45, 7) is 3.13. The largest absolute Gasteiger partial charge is 0.450 e. The van der Waals surface area contributed by atoms with E-state index in [2.05, 4.69) is 0 Å². The SMILES string of the molecule is CC(C)(Cc1ccc(N)cc1)C(=O)[N+](=O)[O-]. The van der Waals surface area contributed by atoms with Gasteiger partial charge in [0.25, 0.3) is 0 Å². The van der Waals surface area contributed by atoms with Crippen LogP contribution in [0.15, 0.2) is 24.3 Å². The fourth-order valence-corrected chi connectivity index (χ4v) is 1.47. The Labute approximate surface area is 93.4 Å². The molecule has 0 fully saturated rings. The van der Waals surface area contributed by atoms with Crippen LogP contribution in [-0.2, 0) is 11.2 Å². The minimum absolute atomic E-state index is 0.326. The number of carbonyl (C=O) groups excluding carboxylic acids is 1. The number of benzene rings is 1. The van der Waals surface area contributed by atoms with Crippen molar-refractivity contribution in [2.75, 3.05) is 5.73 Å². The molecule has 1 amide bonds. The zero-order valence-electron chi connectivity index (χ0n) is 9.27. The van der Waals surface area contributed by atoms with Crippen LogP contribution in [0.25, 0.3) is 0 Å². The molecule has 1 aromatic rings. The van der Waals surface area contributed by atoms with Crippen LogP contribution in [0.1, 0.15) is 19.4 Å². The van der Waals surface area contributed by atoms with E-state index in [9.17, 15) is 14.9 Å². The number of nitro groups is 1. The Balaban J connectivity index is 2.84. The number of carbonyl (C=O) groups is 1. The Morgan fingerprint density at radius 2 is 1.88 bits per heavy atom. The van der Waals surface area contributed by atoms with E-state index < -0.39 is 16.2 Å². The van der Waals surface area contributed by atoms with Crippen molar-refractivity contribution in [3.05, 3.63) is 39.9 Å². The normalized spacial score (nSPS) is 11.1. The van der Waals surface area contributed by atoms with Crippen LogP contribution in [0, 0.1) is 15.5 Å². The molecule has 86 valence electrons. The Hall–Kier alpha value is -1.91. The van der Waals surface area contributed by atoms with Gasteiger partial charge in [0.15, 0.2) is 0 Å². The summed E-state index contributed by atoms with van der Waals surface area (Å²) in [5.41, 5.74) is 6.01. The lowest BCUT2D eigenvalue weighted by atomic mass is 9.85. The quantitative estimate of drug-likeness (QED) is 0.478. The van der Waals surface area contributed by atoms with E-state index in [-0.39, 0.29) is 0 Å². The number of nitrogens with two attached hydrogens (primary N) is 1. The predicted octanol–water partition coefficient (Wildman–Crippen LogP) is 1.64. The van der Waals surface area contributed by atoms with Crippen LogP contribution < -0.4 is 5.73 Å². The van der Waals surface area contributed by atoms with Crippen molar-refractivity contribution >= 4 is 11.6 Å². The fraction of sp³-hybridized carbons (Fsp3) is 0.364. The van der Waals surface area contributed by atoms with Crippen LogP contribution in [0.5, 0.6) is 0 Å². The first kappa shape index (κ1) is 12.2. The highest BCUT2D eigenvalue weighted by Crippen LogP contribution is 2.23. The summed E-state index contributed by atoms with van der Waals surface area (Å²) in [6.07, 6.45) is 0.326. The van der Waals surface area contributed by atoms with Crippen LogP contribution in [0.4, 0.5) is 5.69 Å². The standard InChI is InChI=1S/C11H14N2O3/c1-11(2,10(14)13(15)16)7-8-3-5-9(12)6-4-8/h3-6H,7,12H2,1-2H3. The van der Waals surface area contributed by atoms with Crippen molar-refractivity contribution in [1.82, 2.24) is 0 Å². The lowest BCUT2D eigenvalue weighted by Gasteiger charge is -2.16. The lowest BCUT2D eigenvalue weighted by Crippen LogP contribution is -2.32. The highest BCUT2D eigenvalue weighted by atomic mass is 16.6.